The summed E-state index contributed by atoms with van der Waals surface area (Å²) in [5.74, 6) is -1.04. The molecule has 3 rings (SSSR count). The van der Waals surface area contributed by atoms with Gasteiger partial charge < -0.3 is 5.32 Å². The molecule has 0 aliphatic rings. The molecule has 2 aromatic carbocycles. The Bertz CT molecular complexity index is 1100. The number of amides is 1. The van der Waals surface area contributed by atoms with Crippen molar-refractivity contribution in [2.45, 2.75) is 12.4 Å². The molecule has 0 fully saturated rings. The number of halogens is 7. The van der Waals surface area contributed by atoms with Crippen LogP contribution in [0.5, 0.6) is 0 Å². The summed E-state index contributed by atoms with van der Waals surface area (Å²) in [7, 11) is 0. The van der Waals surface area contributed by atoms with Crippen LogP contribution in [0.1, 0.15) is 21.5 Å². The van der Waals surface area contributed by atoms with Gasteiger partial charge in [0.15, 0.2) is 0 Å². The SMILES string of the molecule is O=C(Nc1ccccc1-c1ncc(C(F)(F)F)cc1Cl)c1ccccc1C(F)(F)F. The maximum absolute atomic E-state index is 13.2. The van der Waals surface area contributed by atoms with Gasteiger partial charge in [0.1, 0.15) is 0 Å². The van der Waals surface area contributed by atoms with Crippen LogP contribution in [0, 0.1) is 0 Å². The predicted molar refractivity (Wildman–Crippen MR) is 99.1 cm³/mol. The van der Waals surface area contributed by atoms with Gasteiger partial charge in [0, 0.05) is 11.8 Å². The average molecular weight is 445 g/mol. The van der Waals surface area contributed by atoms with E-state index in [0.29, 0.717) is 12.3 Å². The Balaban J connectivity index is 1.99. The van der Waals surface area contributed by atoms with Crippen LogP contribution in [0.15, 0.2) is 60.8 Å². The number of pyridine rings is 1. The fraction of sp³-hybridized carbons (Fsp3) is 0.100. The zero-order valence-electron chi connectivity index (χ0n) is 14.8. The second-order valence-electron chi connectivity index (χ2n) is 6.10. The molecule has 0 radical (unpaired) electrons. The van der Waals surface area contributed by atoms with Crippen molar-refractivity contribution in [1.29, 1.82) is 0 Å². The standard InChI is InChI=1S/C20H11ClF6N2O/c21-15-9-11(19(22,23)24)10-28-17(15)13-6-2-4-8-16(13)29-18(30)12-5-1-3-7-14(12)20(25,26)27/h1-10H,(H,29,30). The summed E-state index contributed by atoms with van der Waals surface area (Å²) in [6, 6.07) is 10.7. The summed E-state index contributed by atoms with van der Waals surface area (Å²) in [4.78, 5) is 16.3. The summed E-state index contributed by atoms with van der Waals surface area (Å²) in [5, 5.41) is 2.02. The second-order valence-corrected chi connectivity index (χ2v) is 6.50. The van der Waals surface area contributed by atoms with Gasteiger partial charge in [-0.15, -0.1) is 0 Å². The van der Waals surface area contributed by atoms with Crippen LogP contribution in [0.4, 0.5) is 32.0 Å². The molecule has 0 atom stereocenters. The Hall–Kier alpha value is -3.07. The van der Waals surface area contributed by atoms with E-state index in [-0.39, 0.29) is 22.0 Å². The molecule has 0 unspecified atom stereocenters. The van der Waals surface area contributed by atoms with Crippen molar-refractivity contribution in [1.82, 2.24) is 4.98 Å². The van der Waals surface area contributed by atoms with Gasteiger partial charge in [-0.3, -0.25) is 9.78 Å². The molecule has 0 saturated carbocycles. The maximum atomic E-state index is 13.2. The van der Waals surface area contributed by atoms with Crippen LogP contribution in [0.3, 0.4) is 0 Å². The van der Waals surface area contributed by atoms with Gasteiger partial charge in [-0.2, -0.15) is 26.3 Å². The van der Waals surface area contributed by atoms with Crippen molar-refractivity contribution >= 4 is 23.2 Å². The number of rotatable bonds is 3. The van der Waals surface area contributed by atoms with Crippen molar-refractivity contribution in [2.24, 2.45) is 0 Å². The first kappa shape index (κ1) is 21.6. The van der Waals surface area contributed by atoms with E-state index < -0.39 is 35.0 Å². The van der Waals surface area contributed by atoms with E-state index in [1.165, 1.54) is 30.3 Å². The van der Waals surface area contributed by atoms with Gasteiger partial charge in [-0.25, -0.2) is 0 Å². The van der Waals surface area contributed by atoms with Crippen molar-refractivity contribution < 1.29 is 31.1 Å². The number of aromatic nitrogens is 1. The Kier molecular flexibility index (Phi) is 5.76. The first-order chi connectivity index (χ1) is 14.0. The van der Waals surface area contributed by atoms with E-state index in [1.807, 2.05) is 0 Å². The molecule has 1 N–H and O–H groups in total. The van der Waals surface area contributed by atoms with Gasteiger partial charge in [0.2, 0.25) is 0 Å². The second kappa shape index (κ2) is 7.98. The average Bonchev–Trinajstić information content (AvgIpc) is 2.67. The highest BCUT2D eigenvalue weighted by Crippen LogP contribution is 2.37. The van der Waals surface area contributed by atoms with Crippen LogP contribution in [-0.2, 0) is 12.4 Å². The van der Waals surface area contributed by atoms with E-state index in [4.69, 9.17) is 11.6 Å². The third kappa shape index (κ3) is 4.56. The van der Waals surface area contributed by atoms with Gasteiger partial charge in [0.05, 0.1) is 33.1 Å². The van der Waals surface area contributed by atoms with Gasteiger partial charge >= 0.3 is 12.4 Å². The highest BCUT2D eigenvalue weighted by atomic mass is 35.5. The summed E-state index contributed by atoms with van der Waals surface area (Å²) < 4.78 is 78.0. The zero-order chi connectivity index (χ0) is 22.1. The van der Waals surface area contributed by atoms with Crippen LogP contribution in [-0.4, -0.2) is 10.9 Å². The fourth-order valence-corrected chi connectivity index (χ4v) is 2.98. The fourth-order valence-electron chi connectivity index (χ4n) is 2.71. The summed E-state index contributed by atoms with van der Waals surface area (Å²) in [6.07, 6.45) is -8.81. The molecular weight excluding hydrogens is 434 g/mol. The lowest BCUT2D eigenvalue weighted by atomic mass is 10.0. The van der Waals surface area contributed by atoms with E-state index in [1.54, 1.807) is 0 Å². The van der Waals surface area contributed by atoms with Crippen LogP contribution in [0.2, 0.25) is 5.02 Å². The lowest BCUT2D eigenvalue weighted by molar-refractivity contribution is -0.138. The van der Waals surface area contributed by atoms with Crippen molar-refractivity contribution in [3.05, 3.63) is 82.5 Å². The number of nitrogens with zero attached hydrogens (tertiary/aromatic N) is 1. The molecule has 1 aromatic heterocycles. The number of anilines is 1. The van der Waals surface area contributed by atoms with E-state index >= 15 is 0 Å². The van der Waals surface area contributed by atoms with Crippen LogP contribution >= 0.6 is 11.6 Å². The molecule has 156 valence electrons. The molecule has 3 nitrogen and oxygen atoms in total. The predicted octanol–water partition coefficient (Wildman–Crippen LogP) is 6.69. The third-order valence-electron chi connectivity index (χ3n) is 4.08. The van der Waals surface area contributed by atoms with Crippen molar-refractivity contribution in [2.75, 3.05) is 5.32 Å². The third-order valence-corrected chi connectivity index (χ3v) is 4.36. The maximum Gasteiger partial charge on any atom is 0.417 e. The number of hydrogen-bond acceptors (Lipinski definition) is 2. The highest BCUT2D eigenvalue weighted by Gasteiger charge is 2.35. The van der Waals surface area contributed by atoms with E-state index in [2.05, 4.69) is 10.3 Å². The number of para-hydroxylation sites is 1. The molecule has 0 bridgehead atoms. The molecule has 3 aromatic rings. The minimum atomic E-state index is -4.74. The zero-order valence-corrected chi connectivity index (χ0v) is 15.5. The van der Waals surface area contributed by atoms with Gasteiger partial charge in [-0.1, -0.05) is 41.9 Å². The lowest BCUT2D eigenvalue weighted by Gasteiger charge is -2.15. The number of carbonyl (C=O) groups is 1. The monoisotopic (exact) mass is 444 g/mol. The Morgan fingerprint density at radius 3 is 2.17 bits per heavy atom. The normalized spacial score (nSPS) is 12.0. The summed E-state index contributed by atoms with van der Waals surface area (Å²) >= 11 is 5.96. The van der Waals surface area contributed by atoms with Crippen molar-refractivity contribution in [3.63, 3.8) is 0 Å². The number of carbonyl (C=O) groups excluding carboxylic acids is 1. The molecular formula is C20H11ClF6N2O. The Morgan fingerprint density at radius 2 is 1.53 bits per heavy atom. The molecule has 10 heteroatoms. The van der Waals surface area contributed by atoms with Crippen molar-refractivity contribution in [3.8, 4) is 11.3 Å². The van der Waals surface area contributed by atoms with Crippen LogP contribution in [0.25, 0.3) is 11.3 Å². The highest BCUT2D eigenvalue weighted by molar-refractivity contribution is 6.33. The molecule has 30 heavy (non-hydrogen) atoms. The van der Waals surface area contributed by atoms with Gasteiger partial charge in [-0.05, 0) is 24.3 Å². The van der Waals surface area contributed by atoms with Crippen LogP contribution < -0.4 is 5.32 Å². The Morgan fingerprint density at radius 1 is 0.900 bits per heavy atom. The Labute approximate surface area is 171 Å². The van der Waals surface area contributed by atoms with Gasteiger partial charge in [0.25, 0.3) is 5.91 Å². The van der Waals surface area contributed by atoms with E-state index in [9.17, 15) is 31.1 Å². The molecule has 1 heterocycles. The quantitative estimate of drug-likeness (QED) is 0.457. The molecule has 0 aliphatic heterocycles. The molecule has 1 amide bonds. The minimum Gasteiger partial charge on any atom is -0.321 e. The lowest BCUT2D eigenvalue weighted by Crippen LogP contribution is -2.19. The summed E-state index contributed by atoms with van der Waals surface area (Å²) in [5.41, 5.74) is -2.67. The molecule has 0 saturated heterocycles. The first-order valence-corrected chi connectivity index (χ1v) is 8.66. The smallest absolute Gasteiger partial charge is 0.321 e. The number of nitrogens with one attached hydrogen (secondary N) is 1. The largest absolute Gasteiger partial charge is 0.417 e. The summed E-state index contributed by atoms with van der Waals surface area (Å²) in [6.45, 7) is 0. The topological polar surface area (TPSA) is 42.0 Å². The molecule has 0 spiro atoms. The minimum absolute atomic E-state index is 0.0358. The molecule has 0 aliphatic carbocycles. The van der Waals surface area contributed by atoms with E-state index in [0.717, 1.165) is 18.2 Å². The number of benzene rings is 2. The number of alkyl halides is 6. The first-order valence-electron chi connectivity index (χ1n) is 8.28. The number of hydrogen-bond donors (Lipinski definition) is 1.